The molecule has 0 amide bonds. The Morgan fingerprint density at radius 2 is 2.04 bits per heavy atom. The highest BCUT2D eigenvalue weighted by Gasteiger charge is 2.16. The van der Waals surface area contributed by atoms with Crippen LogP contribution in [-0.2, 0) is 6.61 Å². The number of rotatable bonds is 4. The van der Waals surface area contributed by atoms with Gasteiger partial charge >= 0.3 is 0 Å². The summed E-state index contributed by atoms with van der Waals surface area (Å²) in [6.45, 7) is 2.85. The van der Waals surface area contributed by atoms with E-state index in [9.17, 15) is 8.78 Å². The maximum Gasteiger partial charge on any atom is 0.255 e. The van der Waals surface area contributed by atoms with E-state index in [-0.39, 0.29) is 23.6 Å². The highest BCUT2D eigenvalue weighted by Crippen LogP contribution is 2.19. The quantitative estimate of drug-likeness (QED) is 0.918. The second-order valence-corrected chi connectivity index (χ2v) is 5.27. The molecule has 2 heterocycles. The Bertz CT molecular complexity index is 772. The zero-order chi connectivity index (χ0) is 16.9. The van der Waals surface area contributed by atoms with Gasteiger partial charge in [-0.1, -0.05) is 6.07 Å². The molecular formula is C16H15F2N5O. The molecule has 2 aromatic rings. The van der Waals surface area contributed by atoms with Gasteiger partial charge in [0.1, 0.15) is 12.4 Å². The summed E-state index contributed by atoms with van der Waals surface area (Å²) in [6.07, 6.45) is 1.05. The summed E-state index contributed by atoms with van der Waals surface area (Å²) >= 11 is 0. The zero-order valence-corrected chi connectivity index (χ0v) is 12.8. The van der Waals surface area contributed by atoms with Gasteiger partial charge in [-0.2, -0.15) is 14.6 Å². The van der Waals surface area contributed by atoms with Crippen LogP contribution in [0.25, 0.3) is 0 Å². The van der Waals surface area contributed by atoms with Crippen molar-refractivity contribution in [1.82, 2.24) is 15.3 Å². The number of hydrogen-bond donors (Lipinski definition) is 1. The molecule has 6 nitrogen and oxygen atoms in total. The number of aromatic nitrogens is 2. The fourth-order valence-electron chi connectivity index (χ4n) is 2.34. The fraction of sp³-hybridized carbons (Fsp3) is 0.312. The average Bonchev–Trinajstić information content (AvgIpc) is 2.62. The van der Waals surface area contributed by atoms with Gasteiger partial charge in [0, 0.05) is 31.7 Å². The van der Waals surface area contributed by atoms with Crippen LogP contribution >= 0.6 is 0 Å². The average molecular weight is 331 g/mol. The van der Waals surface area contributed by atoms with Crippen LogP contribution in [0.2, 0.25) is 0 Å². The lowest BCUT2D eigenvalue weighted by Crippen LogP contribution is -2.44. The van der Waals surface area contributed by atoms with E-state index in [0.29, 0.717) is 5.95 Å². The predicted octanol–water partition coefficient (Wildman–Crippen LogP) is 1.62. The Hall–Kier alpha value is -2.79. The number of anilines is 1. The molecule has 24 heavy (non-hydrogen) atoms. The Labute approximate surface area is 137 Å². The number of halogens is 2. The molecule has 124 valence electrons. The Kier molecular flexibility index (Phi) is 4.82. The number of nitrogens with one attached hydrogen (secondary N) is 1. The van der Waals surface area contributed by atoms with E-state index in [0.717, 1.165) is 38.4 Å². The van der Waals surface area contributed by atoms with Gasteiger partial charge in [0.05, 0.1) is 17.8 Å². The fourth-order valence-corrected chi connectivity index (χ4v) is 2.34. The van der Waals surface area contributed by atoms with Gasteiger partial charge in [0.25, 0.3) is 5.88 Å². The number of ether oxygens (including phenoxy) is 1. The molecule has 0 unspecified atom stereocenters. The van der Waals surface area contributed by atoms with Gasteiger partial charge in [-0.15, -0.1) is 0 Å². The van der Waals surface area contributed by atoms with E-state index in [1.165, 1.54) is 12.1 Å². The van der Waals surface area contributed by atoms with Crippen molar-refractivity contribution < 1.29 is 13.5 Å². The van der Waals surface area contributed by atoms with Crippen molar-refractivity contribution in [3.05, 3.63) is 47.2 Å². The molecule has 1 fully saturated rings. The predicted molar refractivity (Wildman–Crippen MR) is 82.5 cm³/mol. The molecule has 1 aromatic heterocycles. The first-order chi connectivity index (χ1) is 11.7. The van der Waals surface area contributed by atoms with Crippen LogP contribution in [0.15, 0.2) is 24.4 Å². The lowest BCUT2D eigenvalue weighted by molar-refractivity contribution is 0.271. The molecule has 0 atom stereocenters. The van der Waals surface area contributed by atoms with Gasteiger partial charge in [-0.25, -0.2) is 9.37 Å². The third-order valence-electron chi connectivity index (χ3n) is 3.65. The molecule has 1 aliphatic heterocycles. The zero-order valence-electron chi connectivity index (χ0n) is 12.8. The largest absolute Gasteiger partial charge is 0.470 e. The SMILES string of the molecule is N#Cc1ccc(COc2nc(N3CCNCC3)ncc2F)c(F)c1. The third-order valence-corrected chi connectivity index (χ3v) is 3.65. The van der Waals surface area contributed by atoms with Crippen molar-refractivity contribution in [2.24, 2.45) is 0 Å². The maximum absolute atomic E-state index is 13.8. The first-order valence-electron chi connectivity index (χ1n) is 7.47. The second-order valence-electron chi connectivity index (χ2n) is 5.27. The summed E-state index contributed by atoms with van der Waals surface area (Å²) < 4.78 is 33.0. The number of piperazine rings is 1. The van der Waals surface area contributed by atoms with Gasteiger partial charge in [0.2, 0.25) is 11.8 Å². The van der Waals surface area contributed by atoms with Crippen molar-refractivity contribution in [2.45, 2.75) is 6.61 Å². The summed E-state index contributed by atoms with van der Waals surface area (Å²) in [6, 6.07) is 5.87. The lowest BCUT2D eigenvalue weighted by Gasteiger charge is -2.27. The summed E-state index contributed by atoms with van der Waals surface area (Å²) in [5.41, 5.74) is 0.432. The number of nitriles is 1. The van der Waals surface area contributed by atoms with Crippen LogP contribution in [0, 0.1) is 23.0 Å². The third kappa shape index (κ3) is 3.58. The van der Waals surface area contributed by atoms with Gasteiger partial charge in [-0.05, 0) is 12.1 Å². The summed E-state index contributed by atoms with van der Waals surface area (Å²) in [7, 11) is 0. The molecular weight excluding hydrogens is 316 g/mol. The lowest BCUT2D eigenvalue weighted by atomic mass is 10.1. The van der Waals surface area contributed by atoms with E-state index in [2.05, 4.69) is 15.3 Å². The van der Waals surface area contributed by atoms with E-state index in [1.807, 2.05) is 11.0 Å². The normalized spacial score (nSPS) is 14.3. The van der Waals surface area contributed by atoms with Crippen LogP contribution < -0.4 is 15.0 Å². The molecule has 8 heteroatoms. The molecule has 1 saturated heterocycles. The van der Waals surface area contributed by atoms with E-state index >= 15 is 0 Å². The van der Waals surface area contributed by atoms with Crippen LogP contribution in [0.4, 0.5) is 14.7 Å². The number of hydrogen-bond acceptors (Lipinski definition) is 6. The van der Waals surface area contributed by atoms with Crippen molar-refractivity contribution in [3.63, 3.8) is 0 Å². The highest BCUT2D eigenvalue weighted by molar-refractivity contribution is 5.34. The van der Waals surface area contributed by atoms with E-state index < -0.39 is 11.6 Å². The number of nitrogens with zero attached hydrogens (tertiary/aromatic N) is 4. The smallest absolute Gasteiger partial charge is 0.255 e. The summed E-state index contributed by atoms with van der Waals surface area (Å²) in [4.78, 5) is 9.99. The molecule has 1 N–H and O–H groups in total. The molecule has 1 aliphatic rings. The number of benzene rings is 1. The minimum absolute atomic E-state index is 0.188. The van der Waals surface area contributed by atoms with Crippen molar-refractivity contribution in [3.8, 4) is 11.9 Å². The minimum Gasteiger partial charge on any atom is -0.470 e. The molecule has 0 bridgehead atoms. The van der Waals surface area contributed by atoms with Crippen molar-refractivity contribution >= 4 is 5.95 Å². The van der Waals surface area contributed by atoms with Crippen LogP contribution in [0.5, 0.6) is 5.88 Å². The van der Waals surface area contributed by atoms with Crippen molar-refractivity contribution in [2.75, 3.05) is 31.1 Å². The Morgan fingerprint density at radius 1 is 1.25 bits per heavy atom. The van der Waals surface area contributed by atoms with Gasteiger partial charge in [0.15, 0.2) is 0 Å². The molecule has 1 aromatic carbocycles. The molecule has 0 spiro atoms. The molecule has 0 aliphatic carbocycles. The Morgan fingerprint density at radius 3 is 2.75 bits per heavy atom. The van der Waals surface area contributed by atoms with Crippen LogP contribution in [0.1, 0.15) is 11.1 Å². The topological polar surface area (TPSA) is 74.1 Å². The first-order valence-corrected chi connectivity index (χ1v) is 7.47. The Balaban J connectivity index is 1.74. The van der Waals surface area contributed by atoms with Gasteiger partial charge < -0.3 is 15.0 Å². The van der Waals surface area contributed by atoms with E-state index in [4.69, 9.17) is 10.00 Å². The highest BCUT2D eigenvalue weighted by atomic mass is 19.1. The van der Waals surface area contributed by atoms with Gasteiger partial charge in [-0.3, -0.25) is 0 Å². The standard InChI is InChI=1S/C16H15F2N5O/c17-13-7-11(8-19)1-2-12(13)10-24-15-14(18)9-21-16(22-15)23-5-3-20-4-6-23/h1-2,7,9,20H,3-6,10H2. The maximum atomic E-state index is 13.8. The molecule has 0 radical (unpaired) electrons. The van der Waals surface area contributed by atoms with Crippen LogP contribution in [-0.4, -0.2) is 36.1 Å². The summed E-state index contributed by atoms with van der Waals surface area (Å²) in [5, 5.41) is 11.9. The summed E-state index contributed by atoms with van der Waals surface area (Å²) in [5.74, 6) is -1.12. The minimum atomic E-state index is -0.706. The monoisotopic (exact) mass is 331 g/mol. The first kappa shape index (κ1) is 16.1. The second kappa shape index (κ2) is 7.19. The van der Waals surface area contributed by atoms with E-state index in [1.54, 1.807) is 0 Å². The molecule has 0 saturated carbocycles. The van der Waals surface area contributed by atoms with Crippen LogP contribution in [0.3, 0.4) is 0 Å². The molecule has 3 rings (SSSR count). The van der Waals surface area contributed by atoms with Crippen molar-refractivity contribution in [1.29, 1.82) is 5.26 Å².